The van der Waals surface area contributed by atoms with Crippen LogP contribution in [0.1, 0.15) is 42.5 Å². The van der Waals surface area contributed by atoms with Gasteiger partial charge in [0.05, 0.1) is 12.5 Å². The van der Waals surface area contributed by atoms with E-state index < -0.39 is 34.7 Å². The molecule has 0 aliphatic rings. The fraction of sp³-hybridized carbons (Fsp3) is 0.214. The molecule has 4 aromatic rings. The number of hydrogen-bond acceptors (Lipinski definition) is 6. The van der Waals surface area contributed by atoms with E-state index in [2.05, 4.69) is 0 Å². The van der Waals surface area contributed by atoms with Gasteiger partial charge in [0, 0.05) is 6.07 Å². The normalized spacial score (nSPS) is 11.9. The Kier molecular flexibility index (Phi) is 6.73. The monoisotopic (exact) mass is 512 g/mol. The first-order chi connectivity index (χ1) is 17.4. The van der Waals surface area contributed by atoms with Gasteiger partial charge in [0.2, 0.25) is 11.2 Å². The van der Waals surface area contributed by atoms with Gasteiger partial charge in [-0.05, 0) is 47.4 Å². The second-order valence-electron chi connectivity index (χ2n) is 9.21. The number of esters is 1. The van der Waals surface area contributed by atoms with E-state index in [1.807, 2.05) is 20.8 Å². The van der Waals surface area contributed by atoms with Crippen LogP contribution in [-0.2, 0) is 11.6 Å². The Bertz CT molecular complexity index is 1510. The van der Waals surface area contributed by atoms with E-state index >= 15 is 0 Å². The predicted molar refractivity (Wildman–Crippen MR) is 131 cm³/mol. The highest BCUT2D eigenvalue weighted by Gasteiger charge is 2.40. The smallest absolute Gasteiger partial charge is 0.453 e. The van der Waals surface area contributed by atoms with Gasteiger partial charge in [0.1, 0.15) is 28.4 Å². The van der Waals surface area contributed by atoms with Gasteiger partial charge in [0.25, 0.3) is 5.76 Å². The zero-order chi connectivity index (χ0) is 27.0. The van der Waals surface area contributed by atoms with Crippen molar-refractivity contribution in [1.82, 2.24) is 0 Å². The second kappa shape index (κ2) is 9.65. The third-order valence-corrected chi connectivity index (χ3v) is 5.56. The standard InChI is InChI=1S/C28H23F3O6/c1-27(2,3)16-9-11-17(12-10-16)35-24-23(32)19-14-13-18(15-22(19)37-25(24)28(29,30)31)36-26(33)20-7-5-6-8-21(20)34-4/h5-15H,1-4H3. The predicted octanol–water partition coefficient (Wildman–Crippen LogP) is 7.13. The molecule has 3 aromatic carbocycles. The summed E-state index contributed by atoms with van der Waals surface area (Å²) in [6.07, 6.45) is -5.03. The molecule has 0 fully saturated rings. The molecule has 0 aliphatic heterocycles. The van der Waals surface area contributed by atoms with Crippen molar-refractivity contribution in [3.8, 4) is 23.0 Å². The fourth-order valence-corrected chi connectivity index (χ4v) is 3.62. The number of rotatable bonds is 5. The lowest BCUT2D eigenvalue weighted by atomic mass is 9.87. The summed E-state index contributed by atoms with van der Waals surface area (Å²) in [6.45, 7) is 5.97. The molecule has 0 spiro atoms. The average molecular weight is 512 g/mol. The van der Waals surface area contributed by atoms with Gasteiger partial charge in [-0.2, -0.15) is 13.2 Å². The summed E-state index contributed by atoms with van der Waals surface area (Å²) in [6, 6.07) is 16.2. The quantitative estimate of drug-likeness (QED) is 0.209. The maximum absolute atomic E-state index is 13.9. The van der Waals surface area contributed by atoms with E-state index in [0.717, 1.165) is 11.6 Å². The fourth-order valence-electron chi connectivity index (χ4n) is 3.62. The van der Waals surface area contributed by atoms with E-state index in [1.165, 1.54) is 37.4 Å². The molecular formula is C28H23F3O6. The number of halogens is 3. The maximum atomic E-state index is 13.9. The Morgan fingerprint density at radius 2 is 1.54 bits per heavy atom. The zero-order valence-corrected chi connectivity index (χ0v) is 20.4. The molecule has 0 bridgehead atoms. The second-order valence-corrected chi connectivity index (χ2v) is 9.21. The van der Waals surface area contributed by atoms with Gasteiger partial charge >= 0.3 is 12.1 Å². The molecule has 4 rings (SSSR count). The summed E-state index contributed by atoms with van der Waals surface area (Å²) >= 11 is 0. The Hall–Kier alpha value is -4.27. The van der Waals surface area contributed by atoms with Crippen molar-refractivity contribution in [2.24, 2.45) is 0 Å². The number of para-hydroxylation sites is 1. The van der Waals surface area contributed by atoms with Crippen LogP contribution in [0.4, 0.5) is 13.2 Å². The number of fused-ring (bicyclic) bond motifs is 1. The van der Waals surface area contributed by atoms with Crippen molar-refractivity contribution >= 4 is 16.9 Å². The molecule has 6 nitrogen and oxygen atoms in total. The first-order valence-corrected chi connectivity index (χ1v) is 11.2. The molecule has 1 heterocycles. The topological polar surface area (TPSA) is 75.0 Å². The van der Waals surface area contributed by atoms with Gasteiger partial charge in [0.15, 0.2) is 0 Å². The molecule has 0 atom stereocenters. The lowest BCUT2D eigenvalue weighted by Crippen LogP contribution is -2.16. The van der Waals surface area contributed by atoms with Crippen LogP contribution in [0.3, 0.4) is 0 Å². The molecular weight excluding hydrogens is 489 g/mol. The third-order valence-electron chi connectivity index (χ3n) is 5.56. The van der Waals surface area contributed by atoms with Gasteiger partial charge < -0.3 is 18.6 Å². The number of carbonyl (C=O) groups is 1. The van der Waals surface area contributed by atoms with Crippen molar-refractivity contribution < 1.29 is 36.6 Å². The maximum Gasteiger partial charge on any atom is 0.453 e. The van der Waals surface area contributed by atoms with Gasteiger partial charge in [-0.15, -0.1) is 0 Å². The number of ether oxygens (including phenoxy) is 3. The van der Waals surface area contributed by atoms with Gasteiger partial charge in [-0.25, -0.2) is 4.79 Å². The molecule has 9 heteroatoms. The lowest BCUT2D eigenvalue weighted by Gasteiger charge is -2.19. The summed E-state index contributed by atoms with van der Waals surface area (Å²) in [5.74, 6) is -3.19. The Balaban J connectivity index is 1.72. The van der Waals surface area contributed by atoms with Crippen LogP contribution in [-0.4, -0.2) is 13.1 Å². The highest BCUT2D eigenvalue weighted by molar-refractivity contribution is 5.94. The van der Waals surface area contributed by atoms with Crippen molar-refractivity contribution in [1.29, 1.82) is 0 Å². The number of benzene rings is 3. The molecule has 192 valence electrons. The largest absolute Gasteiger partial charge is 0.496 e. The van der Waals surface area contributed by atoms with Crippen LogP contribution >= 0.6 is 0 Å². The molecule has 0 radical (unpaired) electrons. The van der Waals surface area contributed by atoms with Crippen molar-refractivity contribution in [2.45, 2.75) is 32.4 Å². The van der Waals surface area contributed by atoms with Crippen molar-refractivity contribution in [3.05, 3.63) is 93.8 Å². The van der Waals surface area contributed by atoms with Gasteiger partial charge in [-0.3, -0.25) is 4.79 Å². The number of alkyl halides is 3. The Morgan fingerprint density at radius 3 is 2.16 bits per heavy atom. The van der Waals surface area contributed by atoms with E-state index in [-0.39, 0.29) is 33.6 Å². The summed E-state index contributed by atoms with van der Waals surface area (Å²) in [5, 5.41) is -0.175. The summed E-state index contributed by atoms with van der Waals surface area (Å²) in [7, 11) is 1.38. The van der Waals surface area contributed by atoms with E-state index in [0.29, 0.717) is 0 Å². The number of methoxy groups -OCH3 is 1. The number of carbonyl (C=O) groups excluding carboxylic acids is 1. The molecule has 0 saturated carbocycles. The molecule has 0 aliphatic carbocycles. The highest BCUT2D eigenvalue weighted by Crippen LogP contribution is 2.39. The molecule has 37 heavy (non-hydrogen) atoms. The van der Waals surface area contributed by atoms with Crippen molar-refractivity contribution in [2.75, 3.05) is 7.11 Å². The minimum Gasteiger partial charge on any atom is -0.496 e. The SMILES string of the molecule is COc1ccccc1C(=O)Oc1ccc2c(=O)c(Oc3ccc(C(C)(C)C)cc3)c(C(F)(F)F)oc2c1. The molecule has 0 saturated heterocycles. The number of hydrogen-bond donors (Lipinski definition) is 0. The van der Waals surface area contributed by atoms with E-state index in [1.54, 1.807) is 30.3 Å². The van der Waals surface area contributed by atoms with Crippen LogP contribution in [0.2, 0.25) is 0 Å². The van der Waals surface area contributed by atoms with Gasteiger partial charge in [-0.1, -0.05) is 45.0 Å². The molecule has 1 aromatic heterocycles. The molecule has 0 amide bonds. The minimum absolute atomic E-state index is 0.0486. The van der Waals surface area contributed by atoms with Crippen LogP contribution in [0.5, 0.6) is 23.0 Å². The highest BCUT2D eigenvalue weighted by atomic mass is 19.4. The lowest BCUT2D eigenvalue weighted by molar-refractivity contribution is -0.154. The minimum atomic E-state index is -5.03. The third kappa shape index (κ3) is 5.45. The average Bonchev–Trinajstić information content (AvgIpc) is 2.84. The van der Waals surface area contributed by atoms with Crippen LogP contribution < -0.4 is 19.6 Å². The first-order valence-electron chi connectivity index (χ1n) is 11.2. The first kappa shape index (κ1) is 25.8. The van der Waals surface area contributed by atoms with Crippen LogP contribution in [0.25, 0.3) is 11.0 Å². The Morgan fingerprint density at radius 1 is 0.892 bits per heavy atom. The Labute approximate surface area is 210 Å². The van der Waals surface area contributed by atoms with E-state index in [4.69, 9.17) is 18.6 Å². The summed E-state index contributed by atoms with van der Waals surface area (Å²) in [5.41, 5.74) is -0.556. The van der Waals surface area contributed by atoms with Crippen LogP contribution in [0.15, 0.2) is 75.9 Å². The molecule has 0 unspecified atom stereocenters. The van der Waals surface area contributed by atoms with Crippen molar-refractivity contribution in [3.63, 3.8) is 0 Å². The summed E-state index contributed by atoms with van der Waals surface area (Å²) in [4.78, 5) is 25.6. The summed E-state index contributed by atoms with van der Waals surface area (Å²) < 4.78 is 62.6. The van der Waals surface area contributed by atoms with E-state index in [9.17, 15) is 22.8 Å². The zero-order valence-electron chi connectivity index (χ0n) is 20.4. The molecule has 0 N–H and O–H groups in total. The van der Waals surface area contributed by atoms with Crippen LogP contribution in [0, 0.1) is 0 Å².